The Balaban J connectivity index is 2.79. The van der Waals surface area contributed by atoms with Crippen molar-refractivity contribution in [3.05, 3.63) is 18.0 Å². The lowest BCUT2D eigenvalue weighted by atomic mass is 10.3. The molecule has 0 aliphatic rings. The van der Waals surface area contributed by atoms with Crippen molar-refractivity contribution in [1.82, 2.24) is 10.1 Å². The van der Waals surface area contributed by atoms with Gasteiger partial charge in [0.05, 0.1) is 6.20 Å². The Bertz CT molecular complexity index is 321. The van der Waals surface area contributed by atoms with Gasteiger partial charge in [-0.15, -0.1) is 0 Å². The van der Waals surface area contributed by atoms with E-state index >= 15 is 0 Å². The molecule has 1 rings (SSSR count). The number of nitrogens with two attached hydrogens (primary N) is 1. The predicted octanol–water partition coefficient (Wildman–Crippen LogP) is -0.378. The average molecular weight is 197 g/mol. The molecule has 76 valence electrons. The van der Waals surface area contributed by atoms with Gasteiger partial charge < -0.3 is 10.3 Å². The van der Waals surface area contributed by atoms with Gasteiger partial charge in [-0.05, 0) is 0 Å². The highest BCUT2D eigenvalue weighted by atomic mass is 16.5. The molecule has 1 aromatic rings. The molecule has 0 spiro atoms. The van der Waals surface area contributed by atoms with Crippen molar-refractivity contribution in [2.24, 2.45) is 5.73 Å². The zero-order valence-corrected chi connectivity index (χ0v) is 7.77. The lowest BCUT2D eigenvalue weighted by molar-refractivity contribution is -0.126. The van der Waals surface area contributed by atoms with Gasteiger partial charge in [-0.1, -0.05) is 5.16 Å². The predicted molar refractivity (Wildman–Crippen MR) is 47.3 cm³/mol. The van der Waals surface area contributed by atoms with Crippen LogP contribution in [-0.4, -0.2) is 35.0 Å². The molecule has 0 fully saturated rings. The van der Waals surface area contributed by atoms with Crippen molar-refractivity contribution in [3.8, 4) is 0 Å². The molecule has 0 aromatic carbocycles. The quantitative estimate of drug-likeness (QED) is 0.713. The third-order valence-corrected chi connectivity index (χ3v) is 1.63. The van der Waals surface area contributed by atoms with E-state index in [9.17, 15) is 9.59 Å². The van der Waals surface area contributed by atoms with Gasteiger partial charge in [0.1, 0.15) is 0 Å². The van der Waals surface area contributed by atoms with Gasteiger partial charge in [-0.3, -0.25) is 14.5 Å². The highest BCUT2D eigenvalue weighted by molar-refractivity contribution is 6.02. The second-order valence-corrected chi connectivity index (χ2v) is 2.64. The Hall–Kier alpha value is -1.69. The van der Waals surface area contributed by atoms with E-state index in [1.165, 1.54) is 19.2 Å². The number of rotatable bonds is 3. The molecule has 2 N–H and O–H groups in total. The summed E-state index contributed by atoms with van der Waals surface area (Å²) < 4.78 is 4.64. The van der Waals surface area contributed by atoms with Crippen LogP contribution in [0.4, 0.5) is 0 Å². The summed E-state index contributed by atoms with van der Waals surface area (Å²) in [5.41, 5.74) is 5.27. The van der Waals surface area contributed by atoms with Crippen molar-refractivity contribution in [1.29, 1.82) is 0 Å². The molecule has 0 unspecified atom stereocenters. The van der Waals surface area contributed by atoms with Gasteiger partial charge in [0.25, 0.3) is 5.91 Å². The van der Waals surface area contributed by atoms with Crippen LogP contribution in [0.3, 0.4) is 0 Å². The van der Waals surface area contributed by atoms with Crippen LogP contribution >= 0.6 is 0 Å². The molecule has 1 aromatic heterocycles. The van der Waals surface area contributed by atoms with Gasteiger partial charge in [0.2, 0.25) is 11.7 Å². The molecular formula is C8H11N3O3. The molecule has 0 aliphatic heterocycles. The number of hydrogen-bond acceptors (Lipinski definition) is 5. The summed E-state index contributed by atoms with van der Waals surface area (Å²) in [6, 6.07) is 1.40. The van der Waals surface area contributed by atoms with Gasteiger partial charge in [-0.2, -0.15) is 0 Å². The molecule has 0 aliphatic carbocycles. The van der Waals surface area contributed by atoms with Crippen molar-refractivity contribution in [3.63, 3.8) is 0 Å². The van der Waals surface area contributed by atoms with Crippen LogP contribution in [0.15, 0.2) is 16.8 Å². The minimum atomic E-state index is -0.513. The fourth-order valence-electron chi connectivity index (χ4n) is 0.990. The Morgan fingerprint density at radius 1 is 1.64 bits per heavy atom. The molecule has 0 saturated carbocycles. The van der Waals surface area contributed by atoms with Crippen LogP contribution < -0.4 is 5.73 Å². The van der Waals surface area contributed by atoms with E-state index in [1.807, 2.05) is 0 Å². The van der Waals surface area contributed by atoms with Crippen LogP contribution in [0.5, 0.6) is 0 Å². The molecule has 2 amide bonds. The third kappa shape index (κ3) is 2.17. The van der Waals surface area contributed by atoms with Crippen molar-refractivity contribution in [2.45, 2.75) is 6.92 Å². The second kappa shape index (κ2) is 4.52. The number of hydrogen-bond donors (Lipinski definition) is 1. The molecule has 1 heterocycles. The summed E-state index contributed by atoms with van der Waals surface area (Å²) in [6.07, 6.45) is 1.34. The zero-order chi connectivity index (χ0) is 10.6. The smallest absolute Gasteiger partial charge is 0.299 e. The summed E-state index contributed by atoms with van der Waals surface area (Å²) in [4.78, 5) is 23.6. The summed E-state index contributed by atoms with van der Waals surface area (Å²) in [7, 11) is 0. The first-order chi connectivity index (χ1) is 6.66. The first-order valence-electron chi connectivity index (χ1n) is 4.10. The van der Waals surface area contributed by atoms with E-state index in [1.54, 1.807) is 0 Å². The first-order valence-corrected chi connectivity index (χ1v) is 4.10. The van der Waals surface area contributed by atoms with Gasteiger partial charge in [0.15, 0.2) is 0 Å². The number of carbonyl (C=O) groups is 2. The van der Waals surface area contributed by atoms with E-state index in [0.29, 0.717) is 0 Å². The van der Waals surface area contributed by atoms with Crippen LogP contribution in [0.25, 0.3) is 0 Å². The second-order valence-electron chi connectivity index (χ2n) is 2.64. The first kappa shape index (κ1) is 10.4. The fourth-order valence-corrected chi connectivity index (χ4v) is 0.990. The van der Waals surface area contributed by atoms with E-state index < -0.39 is 5.91 Å². The maximum absolute atomic E-state index is 11.6. The Morgan fingerprint density at radius 2 is 2.36 bits per heavy atom. The van der Waals surface area contributed by atoms with Crippen LogP contribution in [-0.2, 0) is 4.79 Å². The van der Waals surface area contributed by atoms with E-state index in [0.717, 1.165) is 4.90 Å². The number of amides is 2. The number of carbonyl (C=O) groups excluding carboxylic acids is 2. The minimum Gasteiger partial charge on any atom is -0.351 e. The maximum Gasteiger partial charge on any atom is 0.299 e. The largest absolute Gasteiger partial charge is 0.351 e. The third-order valence-electron chi connectivity index (χ3n) is 1.63. The molecule has 14 heavy (non-hydrogen) atoms. The maximum atomic E-state index is 11.6. The zero-order valence-electron chi connectivity index (χ0n) is 7.77. The van der Waals surface area contributed by atoms with E-state index in [-0.39, 0.29) is 24.8 Å². The molecule has 0 radical (unpaired) electrons. The van der Waals surface area contributed by atoms with Crippen molar-refractivity contribution >= 4 is 11.8 Å². The average Bonchev–Trinajstić information content (AvgIpc) is 2.65. The Labute approximate surface area is 80.6 Å². The van der Waals surface area contributed by atoms with Crippen LogP contribution in [0.1, 0.15) is 17.5 Å². The summed E-state index contributed by atoms with van der Waals surface area (Å²) in [5.74, 6) is -0.842. The SMILES string of the molecule is CC(=O)N(CCN)C(=O)c1ccno1. The lowest BCUT2D eigenvalue weighted by Crippen LogP contribution is -2.38. The van der Waals surface area contributed by atoms with E-state index in [2.05, 4.69) is 9.68 Å². The molecule has 0 saturated heterocycles. The van der Waals surface area contributed by atoms with Gasteiger partial charge >= 0.3 is 0 Å². The fraction of sp³-hybridized carbons (Fsp3) is 0.375. The standard InChI is InChI=1S/C8H11N3O3/c1-6(12)11(5-3-9)8(13)7-2-4-10-14-7/h2,4H,3,5,9H2,1H3. The number of imide groups is 1. The molecule has 6 heteroatoms. The molecular weight excluding hydrogens is 186 g/mol. The lowest BCUT2D eigenvalue weighted by Gasteiger charge is -2.15. The number of aromatic nitrogens is 1. The Kier molecular flexibility index (Phi) is 3.35. The summed E-state index contributed by atoms with van der Waals surface area (Å²) in [6.45, 7) is 1.69. The molecule has 0 atom stereocenters. The molecule has 6 nitrogen and oxygen atoms in total. The Morgan fingerprint density at radius 3 is 2.79 bits per heavy atom. The van der Waals surface area contributed by atoms with E-state index in [4.69, 9.17) is 5.73 Å². The highest BCUT2D eigenvalue weighted by Gasteiger charge is 2.21. The minimum absolute atomic E-state index is 0.0358. The van der Waals surface area contributed by atoms with Crippen LogP contribution in [0.2, 0.25) is 0 Å². The number of nitrogens with zero attached hydrogens (tertiary/aromatic N) is 2. The van der Waals surface area contributed by atoms with Crippen molar-refractivity contribution < 1.29 is 14.1 Å². The van der Waals surface area contributed by atoms with Crippen LogP contribution in [0, 0.1) is 0 Å². The molecule has 0 bridgehead atoms. The highest BCUT2D eigenvalue weighted by Crippen LogP contribution is 2.03. The topological polar surface area (TPSA) is 89.4 Å². The van der Waals surface area contributed by atoms with Crippen molar-refractivity contribution in [2.75, 3.05) is 13.1 Å². The summed E-state index contributed by atoms with van der Waals surface area (Å²) in [5, 5.41) is 3.38. The van der Waals surface area contributed by atoms with Gasteiger partial charge in [-0.25, -0.2) is 0 Å². The van der Waals surface area contributed by atoms with Gasteiger partial charge in [0, 0.05) is 26.1 Å². The normalized spacial score (nSPS) is 9.86. The summed E-state index contributed by atoms with van der Waals surface area (Å²) >= 11 is 0. The monoisotopic (exact) mass is 197 g/mol.